The second kappa shape index (κ2) is 12.0. The van der Waals surface area contributed by atoms with E-state index in [1.54, 1.807) is 0 Å². The van der Waals surface area contributed by atoms with Crippen molar-refractivity contribution < 1.29 is 37.3 Å². The van der Waals surface area contributed by atoms with E-state index in [0.717, 1.165) is 10.9 Å². The first-order valence-electron chi connectivity index (χ1n) is 11.4. The van der Waals surface area contributed by atoms with Crippen molar-refractivity contribution in [1.29, 1.82) is 0 Å². The van der Waals surface area contributed by atoms with E-state index in [1.165, 1.54) is 44.6 Å². The van der Waals surface area contributed by atoms with Gasteiger partial charge in [-0.05, 0) is 35.4 Å². The van der Waals surface area contributed by atoms with Crippen molar-refractivity contribution in [1.82, 2.24) is 4.98 Å². The number of carbonyl (C=O) groups is 2. The lowest BCUT2D eigenvalue weighted by Crippen LogP contribution is -2.13. The summed E-state index contributed by atoms with van der Waals surface area (Å²) in [6.07, 6.45) is 2.60. The maximum Gasteiger partial charge on any atom is 0.387 e. The number of para-hydroxylation sites is 1. The molecule has 0 atom stereocenters. The molecular weight excluding hydrogens is 496 g/mol. The first-order valence-corrected chi connectivity index (χ1v) is 11.4. The molecule has 4 rings (SSSR count). The molecule has 0 spiro atoms. The monoisotopic (exact) mass is 519 g/mol. The average Bonchev–Trinajstić information content (AvgIpc) is 2.94. The topological polar surface area (TPSA) is 84.0 Å². The summed E-state index contributed by atoms with van der Waals surface area (Å²) in [5.41, 5.74) is 2.97. The van der Waals surface area contributed by atoms with Crippen molar-refractivity contribution in [2.45, 2.75) is 13.2 Å². The number of nitrogens with zero attached hydrogens (tertiary/aromatic N) is 1. The molecule has 0 fully saturated rings. The molecule has 0 aliphatic heterocycles. The molecule has 38 heavy (non-hydrogen) atoms. The zero-order chi connectivity index (χ0) is 27.1. The van der Waals surface area contributed by atoms with Gasteiger partial charge in [0.15, 0.2) is 11.5 Å². The van der Waals surface area contributed by atoms with E-state index >= 15 is 0 Å². The van der Waals surface area contributed by atoms with Gasteiger partial charge in [0.1, 0.15) is 6.61 Å². The van der Waals surface area contributed by atoms with Gasteiger partial charge in [-0.3, -0.25) is 0 Å². The van der Waals surface area contributed by atoms with Crippen molar-refractivity contribution in [3.05, 3.63) is 95.7 Å². The number of ether oxygens (including phenoxy) is 4. The van der Waals surface area contributed by atoms with Crippen molar-refractivity contribution in [3.63, 3.8) is 0 Å². The number of rotatable bonds is 9. The predicted octanol–water partition coefficient (Wildman–Crippen LogP) is 6.06. The van der Waals surface area contributed by atoms with Gasteiger partial charge in [0.05, 0.1) is 31.0 Å². The molecule has 3 aromatic carbocycles. The lowest BCUT2D eigenvalue weighted by atomic mass is 9.94. The fraction of sp³-hybridized carbons (Fsp3) is 0.138. The number of esters is 2. The highest BCUT2D eigenvalue weighted by atomic mass is 19.3. The molecule has 0 unspecified atom stereocenters. The maximum atomic E-state index is 12.9. The molecule has 1 aromatic heterocycles. The summed E-state index contributed by atoms with van der Waals surface area (Å²) in [4.78, 5) is 30.0. The highest BCUT2D eigenvalue weighted by molar-refractivity contribution is 6.07. The highest BCUT2D eigenvalue weighted by Crippen LogP contribution is 2.34. The lowest BCUT2D eigenvalue weighted by Gasteiger charge is -2.16. The van der Waals surface area contributed by atoms with E-state index in [9.17, 15) is 18.4 Å². The molecule has 7 nitrogen and oxygen atoms in total. The van der Waals surface area contributed by atoms with E-state index in [0.29, 0.717) is 16.6 Å². The van der Waals surface area contributed by atoms with Gasteiger partial charge in [-0.15, -0.1) is 0 Å². The average molecular weight is 520 g/mol. The summed E-state index contributed by atoms with van der Waals surface area (Å²) in [7, 11) is 2.59. The largest absolute Gasteiger partial charge is 0.493 e. The van der Waals surface area contributed by atoms with E-state index in [1.807, 2.05) is 54.6 Å². The number of carbonyl (C=O) groups excluding carboxylic acids is 2. The molecule has 0 aliphatic carbocycles. The number of alkyl halides is 2. The summed E-state index contributed by atoms with van der Waals surface area (Å²) in [6, 6.07) is 20.9. The zero-order valence-electron chi connectivity index (χ0n) is 20.5. The molecule has 0 radical (unpaired) electrons. The Morgan fingerprint density at radius 2 is 1.68 bits per heavy atom. The van der Waals surface area contributed by atoms with Crippen LogP contribution in [0.2, 0.25) is 0 Å². The van der Waals surface area contributed by atoms with Gasteiger partial charge in [-0.2, -0.15) is 8.78 Å². The van der Waals surface area contributed by atoms with Crippen LogP contribution in [0.15, 0.2) is 78.9 Å². The van der Waals surface area contributed by atoms with E-state index in [2.05, 4.69) is 9.72 Å². The Kier molecular flexibility index (Phi) is 8.27. The van der Waals surface area contributed by atoms with Gasteiger partial charge in [-0.1, -0.05) is 54.6 Å². The lowest BCUT2D eigenvalue weighted by molar-refractivity contribution is -0.139. The van der Waals surface area contributed by atoms with Crippen LogP contribution in [0.25, 0.3) is 28.1 Å². The quantitative estimate of drug-likeness (QED) is 0.196. The molecule has 0 N–H and O–H groups in total. The number of fused-ring (bicyclic) bond motifs is 1. The van der Waals surface area contributed by atoms with Crippen molar-refractivity contribution in [3.8, 4) is 22.6 Å². The third-order valence-corrected chi connectivity index (χ3v) is 5.59. The maximum absolute atomic E-state index is 12.9. The molecule has 1 heterocycles. The number of hydrogen-bond donors (Lipinski definition) is 0. The Hall–Kier alpha value is -4.79. The van der Waals surface area contributed by atoms with Crippen LogP contribution in [0.4, 0.5) is 8.78 Å². The van der Waals surface area contributed by atoms with Crippen LogP contribution in [0, 0.1) is 0 Å². The smallest absolute Gasteiger partial charge is 0.387 e. The van der Waals surface area contributed by atoms with Gasteiger partial charge < -0.3 is 18.9 Å². The molecule has 0 bridgehead atoms. The van der Waals surface area contributed by atoms with Gasteiger partial charge in [0.25, 0.3) is 0 Å². The number of hydrogen-bond acceptors (Lipinski definition) is 7. The first kappa shape index (κ1) is 26.3. The summed E-state index contributed by atoms with van der Waals surface area (Å²) >= 11 is 0. The van der Waals surface area contributed by atoms with Crippen LogP contribution in [-0.4, -0.2) is 37.8 Å². The number of pyridine rings is 1. The van der Waals surface area contributed by atoms with Crippen molar-refractivity contribution >= 4 is 28.9 Å². The molecule has 0 amide bonds. The van der Waals surface area contributed by atoms with Crippen LogP contribution in [0.3, 0.4) is 0 Å². The Bertz CT molecular complexity index is 1490. The Morgan fingerprint density at radius 1 is 0.947 bits per heavy atom. The van der Waals surface area contributed by atoms with E-state index in [-0.39, 0.29) is 29.4 Å². The highest BCUT2D eigenvalue weighted by Gasteiger charge is 2.23. The summed E-state index contributed by atoms with van der Waals surface area (Å²) in [5.74, 6) is -1.36. The first-order chi connectivity index (χ1) is 18.4. The molecular formula is C29H23F2NO6. The minimum Gasteiger partial charge on any atom is -0.493 e. The molecule has 0 saturated heterocycles. The van der Waals surface area contributed by atoms with Crippen molar-refractivity contribution in [2.75, 3.05) is 14.2 Å². The third kappa shape index (κ3) is 5.95. The Labute approximate surface area is 217 Å². The molecule has 0 aliphatic rings. The minimum atomic E-state index is -3.00. The number of benzene rings is 3. The minimum absolute atomic E-state index is 0.0809. The summed E-state index contributed by atoms with van der Waals surface area (Å²) in [5, 5.41) is 0.752. The molecule has 4 aromatic rings. The van der Waals surface area contributed by atoms with Crippen LogP contribution in [0.1, 0.15) is 21.6 Å². The Morgan fingerprint density at radius 3 is 2.39 bits per heavy atom. The fourth-order valence-corrected chi connectivity index (χ4v) is 3.93. The van der Waals surface area contributed by atoms with Gasteiger partial charge in [0.2, 0.25) is 0 Å². The van der Waals surface area contributed by atoms with E-state index < -0.39 is 18.6 Å². The third-order valence-electron chi connectivity index (χ3n) is 5.59. The molecule has 0 saturated carbocycles. The number of methoxy groups -OCH3 is 2. The SMILES string of the molecule is COC(=O)c1c(COC(=O)C=Cc2ccc(OC(F)F)c(OC)c2)nc2ccccc2c1-c1ccccc1. The number of aromatic nitrogens is 1. The summed E-state index contributed by atoms with van der Waals surface area (Å²) in [6.45, 7) is -3.29. The summed E-state index contributed by atoms with van der Waals surface area (Å²) < 4.78 is 45.0. The zero-order valence-corrected chi connectivity index (χ0v) is 20.5. The molecule has 9 heteroatoms. The van der Waals surface area contributed by atoms with E-state index in [4.69, 9.17) is 14.2 Å². The van der Waals surface area contributed by atoms with Gasteiger partial charge in [-0.25, -0.2) is 14.6 Å². The van der Waals surface area contributed by atoms with Crippen LogP contribution in [-0.2, 0) is 20.9 Å². The Balaban J connectivity index is 1.62. The molecule has 194 valence electrons. The van der Waals surface area contributed by atoms with Crippen LogP contribution in [0.5, 0.6) is 11.5 Å². The second-order valence-electron chi connectivity index (χ2n) is 7.91. The number of halogens is 2. The van der Waals surface area contributed by atoms with Crippen LogP contribution >= 0.6 is 0 Å². The standard InChI is InChI=1S/C29H23F2NO6/c1-35-24-16-18(12-14-23(24)38-29(30)31)13-15-25(33)37-17-22-27(28(34)36-2)26(19-8-4-3-5-9-19)20-10-6-7-11-21(20)32-22/h3-16,29H,17H2,1-2H3. The van der Waals surface area contributed by atoms with Gasteiger partial charge in [0, 0.05) is 17.0 Å². The normalized spacial score (nSPS) is 11.1. The van der Waals surface area contributed by atoms with Crippen molar-refractivity contribution in [2.24, 2.45) is 0 Å². The second-order valence-corrected chi connectivity index (χ2v) is 7.91. The van der Waals surface area contributed by atoms with Gasteiger partial charge >= 0.3 is 18.6 Å². The van der Waals surface area contributed by atoms with Crippen LogP contribution < -0.4 is 9.47 Å². The predicted molar refractivity (Wildman–Crippen MR) is 137 cm³/mol. The fourth-order valence-electron chi connectivity index (χ4n) is 3.93.